The molecule has 3 aromatic rings. The molecule has 0 spiro atoms. The average molecular weight is 582 g/mol. The Kier molecular flexibility index (Phi) is 7.81. The van der Waals surface area contributed by atoms with E-state index >= 15 is 0 Å². The van der Waals surface area contributed by atoms with Crippen molar-refractivity contribution in [3.05, 3.63) is 92.7 Å². The number of methoxy groups -OCH3 is 1. The molecule has 0 fully saturated rings. The third kappa shape index (κ3) is 6.27. The molecule has 1 heterocycles. The summed E-state index contributed by atoms with van der Waals surface area (Å²) >= 11 is 2.19. The Bertz CT molecular complexity index is 1300. The van der Waals surface area contributed by atoms with Crippen LogP contribution in [0, 0.1) is 3.57 Å². The highest BCUT2D eigenvalue weighted by Gasteiger charge is 2.24. The summed E-state index contributed by atoms with van der Waals surface area (Å²) in [6, 6.07) is 20.7. The van der Waals surface area contributed by atoms with Gasteiger partial charge in [0.2, 0.25) is 11.8 Å². The number of esters is 1. The first-order chi connectivity index (χ1) is 16.9. The van der Waals surface area contributed by atoms with Crippen LogP contribution in [0.15, 0.2) is 77.4 Å². The van der Waals surface area contributed by atoms with Gasteiger partial charge in [0.05, 0.1) is 17.3 Å². The third-order valence-corrected chi connectivity index (χ3v) is 5.91. The lowest BCUT2D eigenvalue weighted by molar-refractivity contribution is -0.129. The number of ether oxygens (including phenoxy) is 3. The zero-order valence-electron chi connectivity index (χ0n) is 19.2. The molecular formula is C27H23IN2O5. The average Bonchev–Trinajstić information content (AvgIpc) is 3.20. The number of hydrogen-bond donors (Lipinski definition) is 1. The van der Waals surface area contributed by atoms with E-state index in [1.807, 2.05) is 24.3 Å². The summed E-state index contributed by atoms with van der Waals surface area (Å²) in [5.74, 6) is 0.732. The summed E-state index contributed by atoms with van der Waals surface area (Å²) in [5.41, 5.74) is 3.39. The van der Waals surface area contributed by atoms with Gasteiger partial charge in [-0.15, -0.1) is 0 Å². The molecule has 1 amide bonds. The van der Waals surface area contributed by atoms with E-state index in [4.69, 9.17) is 14.2 Å². The lowest BCUT2D eigenvalue weighted by atomic mass is 10.1. The molecule has 1 N–H and O–H groups in total. The minimum Gasteiger partial charge on any atom is -0.493 e. The fourth-order valence-corrected chi connectivity index (χ4v) is 4.25. The molecule has 0 atom stereocenters. The van der Waals surface area contributed by atoms with Crippen molar-refractivity contribution in [3.63, 3.8) is 0 Å². The van der Waals surface area contributed by atoms with Crippen LogP contribution >= 0.6 is 22.6 Å². The molecular weight excluding hydrogens is 559 g/mol. The van der Waals surface area contributed by atoms with Gasteiger partial charge in [-0.3, -0.25) is 4.79 Å². The fraction of sp³-hybridized carbons (Fsp3) is 0.148. The SMILES string of the molecule is COc1cc(/C=C2\N=C(c3ccc(NC(C)=O)cc3)OC2=O)cc(I)c1OCCc1ccccc1. The van der Waals surface area contributed by atoms with E-state index in [1.165, 1.54) is 12.5 Å². The number of carbonyl (C=O) groups excluding carboxylic acids is 2. The Hall–Kier alpha value is -3.66. The number of nitrogens with zero attached hydrogens (tertiary/aromatic N) is 1. The lowest BCUT2D eigenvalue weighted by Gasteiger charge is -2.13. The summed E-state index contributed by atoms with van der Waals surface area (Å²) in [6.07, 6.45) is 2.43. The second-order valence-corrected chi connectivity index (χ2v) is 8.87. The molecule has 0 saturated carbocycles. The molecule has 1 aliphatic heterocycles. The van der Waals surface area contributed by atoms with Crippen LogP contribution in [-0.2, 0) is 20.7 Å². The van der Waals surface area contributed by atoms with Gasteiger partial charge in [-0.05, 0) is 76.2 Å². The Morgan fingerprint density at radius 2 is 1.86 bits per heavy atom. The maximum Gasteiger partial charge on any atom is 0.363 e. The van der Waals surface area contributed by atoms with Crippen molar-refractivity contribution in [1.82, 2.24) is 0 Å². The number of halogens is 1. The fourth-order valence-electron chi connectivity index (χ4n) is 3.47. The summed E-state index contributed by atoms with van der Waals surface area (Å²) in [6.45, 7) is 1.95. The third-order valence-electron chi connectivity index (χ3n) is 5.11. The molecule has 3 aromatic carbocycles. The smallest absolute Gasteiger partial charge is 0.363 e. The van der Waals surface area contributed by atoms with Crippen LogP contribution < -0.4 is 14.8 Å². The quantitative estimate of drug-likeness (QED) is 0.224. The van der Waals surface area contributed by atoms with Crippen LogP contribution in [0.25, 0.3) is 6.08 Å². The van der Waals surface area contributed by atoms with Crippen LogP contribution in [0.4, 0.5) is 5.69 Å². The van der Waals surface area contributed by atoms with Crippen molar-refractivity contribution < 1.29 is 23.8 Å². The van der Waals surface area contributed by atoms with Gasteiger partial charge in [-0.25, -0.2) is 9.79 Å². The van der Waals surface area contributed by atoms with E-state index in [1.54, 1.807) is 43.5 Å². The second kappa shape index (κ2) is 11.2. The Morgan fingerprint density at radius 1 is 1.11 bits per heavy atom. The Labute approximate surface area is 217 Å². The number of aliphatic imine (C=N–C) groups is 1. The van der Waals surface area contributed by atoms with Crippen molar-refractivity contribution in [2.24, 2.45) is 4.99 Å². The first kappa shape index (κ1) is 24.5. The van der Waals surface area contributed by atoms with E-state index in [-0.39, 0.29) is 17.5 Å². The summed E-state index contributed by atoms with van der Waals surface area (Å²) < 4.78 is 17.8. The van der Waals surface area contributed by atoms with Gasteiger partial charge < -0.3 is 19.5 Å². The first-order valence-electron chi connectivity index (χ1n) is 10.9. The van der Waals surface area contributed by atoms with Crippen molar-refractivity contribution in [3.8, 4) is 11.5 Å². The number of anilines is 1. The molecule has 0 bridgehead atoms. The molecule has 35 heavy (non-hydrogen) atoms. The molecule has 178 valence electrons. The van der Waals surface area contributed by atoms with E-state index in [9.17, 15) is 9.59 Å². The minimum atomic E-state index is -0.539. The van der Waals surface area contributed by atoms with Crippen LogP contribution in [0.5, 0.6) is 11.5 Å². The van der Waals surface area contributed by atoms with E-state index < -0.39 is 5.97 Å². The molecule has 0 unspecified atom stereocenters. The van der Waals surface area contributed by atoms with Gasteiger partial charge >= 0.3 is 5.97 Å². The topological polar surface area (TPSA) is 86.2 Å². The number of amides is 1. The predicted molar refractivity (Wildman–Crippen MR) is 143 cm³/mol. The maximum atomic E-state index is 12.4. The first-order valence-corrected chi connectivity index (χ1v) is 12.0. The normalized spacial score (nSPS) is 13.9. The van der Waals surface area contributed by atoms with Crippen molar-refractivity contribution in [2.75, 3.05) is 19.0 Å². The van der Waals surface area contributed by atoms with Gasteiger partial charge in [0.15, 0.2) is 17.2 Å². The van der Waals surface area contributed by atoms with Crippen LogP contribution in [0.1, 0.15) is 23.6 Å². The van der Waals surface area contributed by atoms with E-state index in [0.717, 1.165) is 15.6 Å². The highest BCUT2D eigenvalue weighted by Crippen LogP contribution is 2.35. The van der Waals surface area contributed by atoms with E-state index in [0.29, 0.717) is 29.4 Å². The number of nitrogens with one attached hydrogen (secondary N) is 1. The summed E-state index contributed by atoms with van der Waals surface area (Å²) in [7, 11) is 1.58. The number of hydrogen-bond acceptors (Lipinski definition) is 6. The monoisotopic (exact) mass is 582 g/mol. The molecule has 4 rings (SSSR count). The van der Waals surface area contributed by atoms with Crippen molar-refractivity contribution in [2.45, 2.75) is 13.3 Å². The van der Waals surface area contributed by atoms with Crippen LogP contribution in [0.2, 0.25) is 0 Å². The van der Waals surface area contributed by atoms with E-state index in [2.05, 4.69) is 45.0 Å². The summed E-state index contributed by atoms with van der Waals surface area (Å²) in [5, 5.41) is 2.69. The molecule has 0 aromatic heterocycles. The highest BCUT2D eigenvalue weighted by molar-refractivity contribution is 14.1. The number of cyclic esters (lactones) is 1. The standard InChI is InChI=1S/C27H23IN2O5/c1-17(31)29-21-10-8-20(9-11-21)26-30-23(27(32)35-26)15-19-14-22(28)25(24(16-19)33-2)34-13-12-18-6-4-3-5-7-18/h3-11,14-16H,12-13H2,1-2H3,(H,29,31)/b23-15-. The zero-order valence-corrected chi connectivity index (χ0v) is 21.4. The molecule has 8 heteroatoms. The minimum absolute atomic E-state index is 0.162. The molecule has 0 aliphatic carbocycles. The van der Waals surface area contributed by atoms with Gasteiger partial charge in [0.1, 0.15) is 0 Å². The van der Waals surface area contributed by atoms with Crippen LogP contribution in [0.3, 0.4) is 0 Å². The molecule has 0 saturated heterocycles. The predicted octanol–water partition coefficient (Wildman–Crippen LogP) is 5.22. The van der Waals surface area contributed by atoms with Crippen LogP contribution in [-0.4, -0.2) is 31.5 Å². The molecule has 1 aliphatic rings. The van der Waals surface area contributed by atoms with Gasteiger partial charge in [-0.1, -0.05) is 30.3 Å². The van der Waals surface area contributed by atoms with Gasteiger partial charge in [0.25, 0.3) is 0 Å². The lowest BCUT2D eigenvalue weighted by Crippen LogP contribution is -2.07. The number of rotatable bonds is 8. The van der Waals surface area contributed by atoms with Crippen molar-refractivity contribution >= 4 is 52.1 Å². The van der Waals surface area contributed by atoms with Crippen molar-refractivity contribution in [1.29, 1.82) is 0 Å². The van der Waals surface area contributed by atoms with Gasteiger partial charge in [0, 0.05) is 24.6 Å². The second-order valence-electron chi connectivity index (χ2n) is 7.71. The number of benzene rings is 3. The maximum absolute atomic E-state index is 12.4. The van der Waals surface area contributed by atoms with Gasteiger partial charge in [-0.2, -0.15) is 0 Å². The number of carbonyl (C=O) groups is 2. The largest absolute Gasteiger partial charge is 0.493 e. The molecule has 0 radical (unpaired) electrons. The zero-order chi connectivity index (χ0) is 24.8. The summed E-state index contributed by atoms with van der Waals surface area (Å²) in [4.78, 5) is 28.0. The highest BCUT2D eigenvalue weighted by atomic mass is 127. The Morgan fingerprint density at radius 3 is 2.54 bits per heavy atom. The Balaban J connectivity index is 1.51. The molecule has 7 nitrogen and oxygen atoms in total.